The van der Waals surface area contributed by atoms with Gasteiger partial charge in [0.05, 0.1) is 0 Å². The second kappa shape index (κ2) is 3.52. The van der Waals surface area contributed by atoms with Crippen LogP contribution in [0.25, 0.3) is 0 Å². The number of hydrogen-bond donors (Lipinski definition) is 0. The van der Waals surface area contributed by atoms with E-state index in [9.17, 15) is 0 Å². The van der Waals surface area contributed by atoms with Crippen molar-refractivity contribution in [3.05, 3.63) is 0 Å². The molecule has 1 aliphatic carbocycles. The molecule has 14 heavy (non-hydrogen) atoms. The molecule has 82 valence electrons. The van der Waals surface area contributed by atoms with Gasteiger partial charge < -0.3 is 0 Å². The maximum atomic E-state index is 2.70. The van der Waals surface area contributed by atoms with Crippen molar-refractivity contribution in [2.24, 2.45) is 17.8 Å². The third kappa shape index (κ3) is 1.84. The van der Waals surface area contributed by atoms with Crippen LogP contribution in [0.15, 0.2) is 0 Å². The van der Waals surface area contributed by atoms with Crippen molar-refractivity contribution < 1.29 is 0 Å². The minimum Gasteiger partial charge on any atom is -0.298 e. The van der Waals surface area contributed by atoms with E-state index in [1.807, 2.05) is 0 Å². The Morgan fingerprint density at radius 3 is 2.36 bits per heavy atom. The van der Waals surface area contributed by atoms with Crippen molar-refractivity contribution in [3.63, 3.8) is 0 Å². The summed E-state index contributed by atoms with van der Waals surface area (Å²) in [6, 6.07) is 0. The van der Waals surface area contributed by atoms with Gasteiger partial charge in [0.15, 0.2) is 0 Å². The van der Waals surface area contributed by atoms with Gasteiger partial charge in [-0.25, -0.2) is 0 Å². The zero-order chi connectivity index (χ0) is 10.3. The molecular formula is C13H25N. The van der Waals surface area contributed by atoms with E-state index in [0.717, 1.165) is 17.8 Å². The summed E-state index contributed by atoms with van der Waals surface area (Å²) in [6.07, 6.45) is 4.43. The van der Waals surface area contributed by atoms with E-state index >= 15 is 0 Å². The Bertz CT molecular complexity index is 204. The predicted octanol–water partition coefficient (Wildman–Crippen LogP) is 3.15. The maximum Gasteiger partial charge on any atom is 0.0125 e. The highest BCUT2D eigenvalue weighted by Crippen LogP contribution is 2.41. The molecule has 2 rings (SSSR count). The van der Waals surface area contributed by atoms with Crippen LogP contribution in [0.1, 0.15) is 47.0 Å². The van der Waals surface area contributed by atoms with E-state index in [2.05, 4.69) is 32.6 Å². The maximum absolute atomic E-state index is 2.70. The van der Waals surface area contributed by atoms with E-state index in [1.54, 1.807) is 0 Å². The summed E-state index contributed by atoms with van der Waals surface area (Å²) in [7, 11) is 0. The van der Waals surface area contributed by atoms with Crippen molar-refractivity contribution in [2.45, 2.75) is 52.5 Å². The Morgan fingerprint density at radius 2 is 1.79 bits per heavy atom. The fraction of sp³-hybridized carbons (Fsp3) is 1.00. The third-order valence-electron chi connectivity index (χ3n) is 4.41. The smallest absolute Gasteiger partial charge is 0.0125 e. The molecule has 0 N–H and O–H groups in total. The molecule has 0 aromatic carbocycles. The van der Waals surface area contributed by atoms with Crippen LogP contribution in [-0.2, 0) is 0 Å². The summed E-state index contributed by atoms with van der Waals surface area (Å²) in [4.78, 5) is 2.70. The van der Waals surface area contributed by atoms with Gasteiger partial charge in [-0.05, 0) is 44.9 Å². The van der Waals surface area contributed by atoms with Crippen LogP contribution in [0.2, 0.25) is 0 Å². The van der Waals surface area contributed by atoms with E-state index in [1.165, 1.54) is 32.4 Å². The molecule has 3 unspecified atom stereocenters. The fourth-order valence-corrected chi connectivity index (χ4v) is 3.31. The molecule has 1 aliphatic heterocycles. The van der Waals surface area contributed by atoms with Crippen LogP contribution in [0, 0.1) is 17.8 Å². The first kappa shape index (κ1) is 10.5. The highest BCUT2D eigenvalue weighted by molar-refractivity contribution is 4.93. The average molecular weight is 195 g/mol. The van der Waals surface area contributed by atoms with Crippen molar-refractivity contribution in [1.82, 2.24) is 4.90 Å². The molecule has 1 saturated carbocycles. The Balaban J connectivity index is 2.04. The molecule has 0 aromatic rings. The molecule has 2 aliphatic rings. The Hall–Kier alpha value is -0.0400. The van der Waals surface area contributed by atoms with Crippen molar-refractivity contribution in [2.75, 3.05) is 13.1 Å². The molecule has 1 nitrogen and oxygen atoms in total. The summed E-state index contributed by atoms with van der Waals surface area (Å²) in [5.74, 6) is 2.99. The highest BCUT2D eigenvalue weighted by atomic mass is 15.2. The number of hydrogen-bond acceptors (Lipinski definition) is 1. The van der Waals surface area contributed by atoms with Gasteiger partial charge in [-0.15, -0.1) is 0 Å². The summed E-state index contributed by atoms with van der Waals surface area (Å²) in [6.45, 7) is 12.2. The molecule has 3 atom stereocenters. The van der Waals surface area contributed by atoms with Crippen LogP contribution >= 0.6 is 0 Å². The Morgan fingerprint density at radius 1 is 1.07 bits per heavy atom. The van der Waals surface area contributed by atoms with E-state index < -0.39 is 0 Å². The second-order valence-corrected chi connectivity index (χ2v) is 6.41. The first-order valence-electron chi connectivity index (χ1n) is 6.23. The molecule has 0 spiro atoms. The number of rotatable bonds is 0. The highest BCUT2D eigenvalue weighted by Gasteiger charge is 2.41. The van der Waals surface area contributed by atoms with Gasteiger partial charge in [-0.2, -0.15) is 0 Å². The minimum atomic E-state index is 0.386. The van der Waals surface area contributed by atoms with Crippen LogP contribution in [0.3, 0.4) is 0 Å². The van der Waals surface area contributed by atoms with Gasteiger partial charge in [-0.3, -0.25) is 4.90 Å². The predicted molar refractivity (Wildman–Crippen MR) is 61.3 cm³/mol. The Labute approximate surface area is 88.9 Å². The number of nitrogens with zero attached hydrogens (tertiary/aromatic N) is 1. The van der Waals surface area contributed by atoms with Crippen LogP contribution < -0.4 is 0 Å². The van der Waals surface area contributed by atoms with Crippen LogP contribution in [0.5, 0.6) is 0 Å². The largest absolute Gasteiger partial charge is 0.298 e. The van der Waals surface area contributed by atoms with Crippen molar-refractivity contribution in [1.29, 1.82) is 0 Å². The summed E-state index contributed by atoms with van der Waals surface area (Å²) in [5, 5.41) is 0. The summed E-state index contributed by atoms with van der Waals surface area (Å²) >= 11 is 0. The van der Waals surface area contributed by atoms with Gasteiger partial charge in [0.25, 0.3) is 0 Å². The Kier molecular flexibility index (Phi) is 2.63. The monoisotopic (exact) mass is 195 g/mol. The van der Waals surface area contributed by atoms with Gasteiger partial charge in [0.2, 0.25) is 0 Å². The lowest BCUT2D eigenvalue weighted by Crippen LogP contribution is -2.39. The van der Waals surface area contributed by atoms with Gasteiger partial charge in [0, 0.05) is 18.6 Å². The van der Waals surface area contributed by atoms with Gasteiger partial charge in [-0.1, -0.05) is 19.8 Å². The molecule has 0 aromatic heterocycles. The second-order valence-electron chi connectivity index (χ2n) is 6.41. The lowest BCUT2D eigenvalue weighted by atomic mass is 9.75. The molecular weight excluding hydrogens is 170 g/mol. The zero-order valence-electron chi connectivity index (χ0n) is 10.2. The van der Waals surface area contributed by atoms with E-state index in [-0.39, 0.29) is 0 Å². The number of likely N-dealkylation sites (tertiary alicyclic amines) is 1. The molecule has 2 fully saturated rings. The minimum absolute atomic E-state index is 0.386. The lowest BCUT2D eigenvalue weighted by Gasteiger charge is -2.32. The normalized spacial score (nSPS) is 39.9. The topological polar surface area (TPSA) is 3.24 Å². The van der Waals surface area contributed by atoms with Gasteiger partial charge >= 0.3 is 0 Å². The van der Waals surface area contributed by atoms with Crippen LogP contribution in [-0.4, -0.2) is 23.5 Å². The molecule has 0 amide bonds. The third-order valence-corrected chi connectivity index (χ3v) is 4.41. The molecule has 1 heteroatoms. The molecule has 1 saturated heterocycles. The van der Waals surface area contributed by atoms with E-state index in [4.69, 9.17) is 0 Å². The molecule has 0 radical (unpaired) electrons. The molecule has 1 heterocycles. The van der Waals surface area contributed by atoms with E-state index in [0.29, 0.717) is 5.54 Å². The quantitative estimate of drug-likeness (QED) is 0.574. The first-order valence-corrected chi connectivity index (χ1v) is 6.23. The standard InChI is InChI=1S/C13H25N/c1-10-6-5-7-11-8-14(9-12(10)11)13(2,3)4/h10-12H,5-9H2,1-4H3. The average Bonchev–Trinajstić information content (AvgIpc) is 2.48. The van der Waals surface area contributed by atoms with Crippen molar-refractivity contribution >= 4 is 0 Å². The number of fused-ring (bicyclic) bond motifs is 1. The van der Waals surface area contributed by atoms with Crippen molar-refractivity contribution in [3.8, 4) is 0 Å². The molecule has 0 bridgehead atoms. The fourth-order valence-electron chi connectivity index (χ4n) is 3.31. The van der Waals surface area contributed by atoms with Gasteiger partial charge in [0.1, 0.15) is 0 Å². The lowest BCUT2D eigenvalue weighted by molar-refractivity contribution is 0.161. The first-order chi connectivity index (χ1) is 6.48. The zero-order valence-corrected chi connectivity index (χ0v) is 10.2. The summed E-state index contributed by atoms with van der Waals surface area (Å²) < 4.78 is 0. The van der Waals surface area contributed by atoms with Crippen LogP contribution in [0.4, 0.5) is 0 Å². The summed E-state index contributed by atoms with van der Waals surface area (Å²) in [5.41, 5.74) is 0.386. The SMILES string of the molecule is CC1CCCC2CN(C(C)(C)C)CC12.